The smallest absolute Gasteiger partial charge is 0.394 e. The molecular weight excluding hydrogens is 262 g/mol. The summed E-state index contributed by atoms with van der Waals surface area (Å²) in [5.41, 5.74) is 0. The molecule has 2 saturated heterocycles. The van der Waals surface area contributed by atoms with Crippen LogP contribution in [0.4, 0.5) is 0 Å². The van der Waals surface area contributed by atoms with Crippen molar-refractivity contribution in [2.75, 3.05) is 26.2 Å². The van der Waals surface area contributed by atoms with Crippen LogP contribution in [-0.2, 0) is 14.4 Å². The number of carbonyl (C=O) groups is 3. The number of carboxylic acids is 1. The van der Waals surface area contributed by atoms with Crippen LogP contribution in [0, 0.1) is 5.92 Å². The normalized spacial score (nSPS) is 26.3. The molecule has 0 unspecified atom stereocenters. The Morgan fingerprint density at radius 2 is 2.05 bits per heavy atom. The largest absolute Gasteiger partial charge is 0.474 e. The van der Waals surface area contributed by atoms with E-state index in [1.165, 1.54) is 4.90 Å². The molecular formula is C13H21N3O4. The van der Waals surface area contributed by atoms with Gasteiger partial charge in [-0.15, -0.1) is 0 Å². The molecule has 0 aliphatic carbocycles. The van der Waals surface area contributed by atoms with E-state index < -0.39 is 11.9 Å². The third-order valence-corrected chi connectivity index (χ3v) is 3.93. The Kier molecular flexibility index (Phi) is 4.94. The monoisotopic (exact) mass is 283 g/mol. The highest BCUT2D eigenvalue weighted by Crippen LogP contribution is 2.16. The Labute approximate surface area is 117 Å². The fourth-order valence-corrected chi connectivity index (χ4v) is 2.83. The molecule has 0 aromatic rings. The molecule has 2 heterocycles. The van der Waals surface area contributed by atoms with Gasteiger partial charge in [0.05, 0.1) is 6.04 Å². The van der Waals surface area contributed by atoms with Crippen molar-refractivity contribution in [2.24, 2.45) is 5.92 Å². The average molecular weight is 283 g/mol. The van der Waals surface area contributed by atoms with Gasteiger partial charge in [0, 0.05) is 19.6 Å². The van der Waals surface area contributed by atoms with Crippen molar-refractivity contribution in [1.82, 2.24) is 15.5 Å². The molecule has 0 spiro atoms. The van der Waals surface area contributed by atoms with Gasteiger partial charge in [0.2, 0.25) is 5.91 Å². The van der Waals surface area contributed by atoms with Gasteiger partial charge in [0.15, 0.2) is 0 Å². The van der Waals surface area contributed by atoms with E-state index in [0.717, 1.165) is 32.2 Å². The molecule has 7 nitrogen and oxygen atoms in total. The van der Waals surface area contributed by atoms with Gasteiger partial charge in [0.1, 0.15) is 0 Å². The summed E-state index contributed by atoms with van der Waals surface area (Å²) in [4.78, 5) is 35.3. The molecule has 0 bridgehead atoms. The van der Waals surface area contributed by atoms with Gasteiger partial charge in [-0.3, -0.25) is 9.59 Å². The number of amides is 2. The third kappa shape index (κ3) is 3.69. The van der Waals surface area contributed by atoms with Crippen LogP contribution in [0.3, 0.4) is 0 Å². The maximum atomic E-state index is 11.9. The number of carbonyl (C=O) groups excluding carboxylic acids is 2. The molecule has 0 aromatic carbocycles. The highest BCUT2D eigenvalue weighted by Gasteiger charge is 2.28. The maximum Gasteiger partial charge on any atom is 0.394 e. The van der Waals surface area contributed by atoms with E-state index in [-0.39, 0.29) is 17.9 Å². The highest BCUT2D eigenvalue weighted by molar-refractivity contribution is 6.31. The summed E-state index contributed by atoms with van der Waals surface area (Å²) in [6.45, 7) is 2.27. The molecule has 0 radical (unpaired) electrons. The van der Waals surface area contributed by atoms with Crippen LogP contribution >= 0.6 is 0 Å². The average Bonchev–Trinajstić information content (AvgIpc) is 2.98. The van der Waals surface area contributed by atoms with Gasteiger partial charge < -0.3 is 20.6 Å². The summed E-state index contributed by atoms with van der Waals surface area (Å²) in [5.74, 6) is -2.12. The molecule has 2 rings (SSSR count). The summed E-state index contributed by atoms with van der Waals surface area (Å²) < 4.78 is 0. The first-order valence-corrected chi connectivity index (χ1v) is 7.11. The predicted molar refractivity (Wildman–Crippen MR) is 71.0 cm³/mol. The summed E-state index contributed by atoms with van der Waals surface area (Å²) in [6, 6.07) is -0.102. The molecule has 2 atom stereocenters. The van der Waals surface area contributed by atoms with Crippen LogP contribution in [0.2, 0.25) is 0 Å². The van der Waals surface area contributed by atoms with Crippen molar-refractivity contribution in [3.05, 3.63) is 0 Å². The van der Waals surface area contributed by atoms with Crippen molar-refractivity contribution < 1.29 is 19.5 Å². The standard InChI is InChI=1S/C13H21N3O4/c17-11(10-4-1-5-14-10)15-7-9-3-2-6-16(8-9)12(18)13(19)20/h9-10,14H,1-8H2,(H,15,17)(H,19,20)/t9-,10-/m0/s1. The lowest BCUT2D eigenvalue weighted by Gasteiger charge is -2.31. The second-order valence-corrected chi connectivity index (χ2v) is 5.46. The zero-order chi connectivity index (χ0) is 14.5. The molecule has 7 heteroatoms. The first-order chi connectivity index (χ1) is 9.58. The molecule has 2 fully saturated rings. The number of nitrogens with zero attached hydrogens (tertiary/aromatic N) is 1. The van der Waals surface area contributed by atoms with E-state index in [0.29, 0.717) is 19.6 Å². The zero-order valence-corrected chi connectivity index (χ0v) is 11.4. The number of likely N-dealkylation sites (tertiary alicyclic amines) is 1. The number of rotatable bonds is 3. The summed E-state index contributed by atoms with van der Waals surface area (Å²) in [7, 11) is 0. The third-order valence-electron chi connectivity index (χ3n) is 3.93. The van der Waals surface area contributed by atoms with E-state index in [1.54, 1.807) is 0 Å². The second kappa shape index (κ2) is 6.69. The first kappa shape index (κ1) is 14.8. The van der Waals surface area contributed by atoms with Crippen LogP contribution in [0.5, 0.6) is 0 Å². The Morgan fingerprint density at radius 1 is 1.25 bits per heavy atom. The summed E-state index contributed by atoms with van der Waals surface area (Å²) in [6.07, 6.45) is 3.56. The molecule has 112 valence electrons. The van der Waals surface area contributed by atoms with E-state index in [2.05, 4.69) is 10.6 Å². The van der Waals surface area contributed by atoms with Crippen molar-refractivity contribution >= 4 is 17.8 Å². The van der Waals surface area contributed by atoms with Crippen molar-refractivity contribution in [2.45, 2.75) is 31.7 Å². The Balaban J connectivity index is 1.76. The minimum absolute atomic E-state index is 0.00387. The number of hydrogen-bond acceptors (Lipinski definition) is 4. The minimum Gasteiger partial charge on any atom is -0.474 e. The molecule has 2 aliphatic heterocycles. The first-order valence-electron chi connectivity index (χ1n) is 7.11. The summed E-state index contributed by atoms with van der Waals surface area (Å²) in [5, 5.41) is 14.7. The Morgan fingerprint density at radius 3 is 2.70 bits per heavy atom. The van der Waals surface area contributed by atoms with E-state index in [9.17, 15) is 14.4 Å². The lowest BCUT2D eigenvalue weighted by atomic mass is 9.97. The number of piperidine rings is 1. The summed E-state index contributed by atoms with van der Waals surface area (Å²) >= 11 is 0. The van der Waals surface area contributed by atoms with Gasteiger partial charge in [-0.05, 0) is 38.1 Å². The van der Waals surface area contributed by atoms with Crippen LogP contribution in [0.1, 0.15) is 25.7 Å². The number of hydrogen-bond donors (Lipinski definition) is 3. The lowest BCUT2D eigenvalue weighted by molar-refractivity contribution is -0.156. The molecule has 3 N–H and O–H groups in total. The van der Waals surface area contributed by atoms with Crippen molar-refractivity contribution in [3.8, 4) is 0 Å². The molecule has 2 aliphatic rings. The molecule has 0 aromatic heterocycles. The molecule has 2 amide bonds. The van der Waals surface area contributed by atoms with Crippen LogP contribution < -0.4 is 10.6 Å². The predicted octanol–water partition coefficient (Wildman–Crippen LogP) is -0.822. The lowest BCUT2D eigenvalue weighted by Crippen LogP contribution is -2.48. The van der Waals surface area contributed by atoms with Gasteiger partial charge in [0.25, 0.3) is 0 Å². The topological polar surface area (TPSA) is 98.7 Å². The number of aliphatic carboxylic acids is 1. The van der Waals surface area contributed by atoms with Crippen molar-refractivity contribution in [3.63, 3.8) is 0 Å². The maximum absolute atomic E-state index is 11.9. The zero-order valence-electron chi connectivity index (χ0n) is 11.4. The fraction of sp³-hybridized carbons (Fsp3) is 0.769. The fourth-order valence-electron chi connectivity index (χ4n) is 2.83. The Hall–Kier alpha value is -1.63. The number of nitrogens with one attached hydrogen (secondary N) is 2. The van der Waals surface area contributed by atoms with Crippen LogP contribution in [-0.4, -0.2) is 60.0 Å². The second-order valence-electron chi connectivity index (χ2n) is 5.46. The Bertz CT molecular complexity index is 393. The van der Waals surface area contributed by atoms with Gasteiger partial charge in [-0.2, -0.15) is 0 Å². The van der Waals surface area contributed by atoms with E-state index in [4.69, 9.17) is 5.11 Å². The quantitative estimate of drug-likeness (QED) is 0.588. The van der Waals surface area contributed by atoms with Gasteiger partial charge in [-0.1, -0.05) is 0 Å². The van der Waals surface area contributed by atoms with Gasteiger partial charge in [-0.25, -0.2) is 4.79 Å². The van der Waals surface area contributed by atoms with Crippen LogP contribution in [0.15, 0.2) is 0 Å². The highest BCUT2D eigenvalue weighted by atomic mass is 16.4. The van der Waals surface area contributed by atoms with Gasteiger partial charge >= 0.3 is 11.9 Å². The van der Waals surface area contributed by atoms with Crippen LogP contribution in [0.25, 0.3) is 0 Å². The minimum atomic E-state index is -1.41. The van der Waals surface area contributed by atoms with E-state index in [1.807, 2.05) is 0 Å². The molecule has 20 heavy (non-hydrogen) atoms. The van der Waals surface area contributed by atoms with Crippen molar-refractivity contribution in [1.29, 1.82) is 0 Å². The number of carboxylic acid groups (broad SMARTS) is 1. The SMILES string of the molecule is O=C(O)C(=O)N1CCC[C@@H](CNC(=O)[C@@H]2CCCN2)C1. The molecule has 0 saturated carbocycles. The van der Waals surface area contributed by atoms with E-state index >= 15 is 0 Å².